The molecule has 1 saturated heterocycles. The maximum Gasteiger partial charge on any atom is 0.322 e. The molecule has 188 valence electrons. The summed E-state index contributed by atoms with van der Waals surface area (Å²) < 4.78 is 0. The summed E-state index contributed by atoms with van der Waals surface area (Å²) in [5, 5.41) is 33.9. The first-order valence-electron chi connectivity index (χ1n) is 12.4. The zero-order chi connectivity index (χ0) is 25.1. The molecule has 1 aromatic carbocycles. The predicted octanol–water partition coefficient (Wildman–Crippen LogP) is 1.68. The lowest BCUT2D eigenvalue weighted by molar-refractivity contribution is -0.147. The summed E-state index contributed by atoms with van der Waals surface area (Å²) in [6, 6.07) is 10.5. The molecular weight excluding hydrogens is 448 g/mol. The Hall–Kier alpha value is -2.96. The summed E-state index contributed by atoms with van der Waals surface area (Å²) >= 11 is 0. The van der Waals surface area contributed by atoms with Crippen molar-refractivity contribution >= 4 is 17.8 Å². The number of nitrogens with one attached hydrogen (secondary N) is 2. The van der Waals surface area contributed by atoms with Crippen LogP contribution in [0.2, 0.25) is 0 Å². The standard InChI is InChI=1S/C17H25N3O2.C9H9NO3/c18-9-14-2-1-3-20(14)15(21)10-19-16-5-12-4-13(6-16)8-17(22,7-12)11-16;11-8(12)6-10-9(13)7-4-2-1-3-5-7/h12-14,19,22H,1-8,10-11H2;1-5H,6H2,(H,10,13)(H,11,12)/t12?,13?,14-,16?,17?;/m0./s1. The predicted molar refractivity (Wildman–Crippen MR) is 127 cm³/mol. The van der Waals surface area contributed by atoms with Gasteiger partial charge in [0.2, 0.25) is 5.91 Å². The minimum Gasteiger partial charge on any atom is -0.480 e. The lowest BCUT2D eigenvalue weighted by Crippen LogP contribution is -2.65. The quantitative estimate of drug-likeness (QED) is 0.483. The fraction of sp³-hybridized carbons (Fsp3) is 0.615. The van der Waals surface area contributed by atoms with Gasteiger partial charge in [-0.1, -0.05) is 18.2 Å². The molecule has 6 rings (SSSR count). The summed E-state index contributed by atoms with van der Waals surface area (Å²) in [7, 11) is 0. The topological polar surface area (TPSA) is 143 Å². The third kappa shape index (κ3) is 6.00. The fourth-order valence-corrected chi connectivity index (χ4v) is 6.83. The van der Waals surface area contributed by atoms with E-state index in [1.807, 2.05) is 0 Å². The number of nitriles is 1. The first-order valence-corrected chi connectivity index (χ1v) is 12.4. The minimum atomic E-state index is -1.05. The molecule has 2 unspecified atom stereocenters. The second-order valence-corrected chi connectivity index (χ2v) is 10.6. The second-order valence-electron chi connectivity index (χ2n) is 10.6. The molecule has 9 heteroatoms. The number of nitrogens with zero attached hydrogens (tertiary/aromatic N) is 2. The van der Waals surface area contributed by atoms with E-state index in [0.717, 1.165) is 44.9 Å². The van der Waals surface area contributed by atoms with Crippen molar-refractivity contribution in [2.75, 3.05) is 19.6 Å². The average molecular weight is 483 g/mol. The SMILES string of the molecule is N#C[C@@H]1CCCN1C(=O)CNC12CC3CC(CC(O)(C3)C1)C2.O=C(O)CNC(=O)c1ccccc1. The van der Waals surface area contributed by atoms with Gasteiger partial charge < -0.3 is 25.7 Å². The monoisotopic (exact) mass is 482 g/mol. The summed E-state index contributed by atoms with van der Waals surface area (Å²) in [5.41, 5.74) is -0.0805. The van der Waals surface area contributed by atoms with Gasteiger partial charge >= 0.3 is 5.97 Å². The average Bonchev–Trinajstić information content (AvgIpc) is 3.29. The number of carboxylic acid groups (broad SMARTS) is 1. The number of hydrogen-bond donors (Lipinski definition) is 4. The van der Waals surface area contributed by atoms with Crippen molar-refractivity contribution in [3.8, 4) is 6.07 Å². The smallest absolute Gasteiger partial charge is 0.322 e. The molecule has 5 aliphatic rings. The molecule has 0 spiro atoms. The Morgan fingerprint density at radius 3 is 2.37 bits per heavy atom. The molecule has 4 bridgehead atoms. The van der Waals surface area contributed by atoms with E-state index >= 15 is 0 Å². The number of rotatable bonds is 6. The molecule has 4 aliphatic carbocycles. The van der Waals surface area contributed by atoms with Gasteiger partial charge in [-0.3, -0.25) is 14.4 Å². The molecule has 2 amide bonds. The van der Waals surface area contributed by atoms with E-state index in [4.69, 9.17) is 10.4 Å². The second kappa shape index (κ2) is 10.3. The first kappa shape index (κ1) is 25.1. The van der Waals surface area contributed by atoms with Crippen molar-refractivity contribution in [3.05, 3.63) is 35.9 Å². The number of likely N-dealkylation sites (tertiary alicyclic amines) is 1. The van der Waals surface area contributed by atoms with Crippen LogP contribution in [0.3, 0.4) is 0 Å². The molecule has 0 radical (unpaired) electrons. The molecule has 9 nitrogen and oxygen atoms in total. The lowest BCUT2D eigenvalue weighted by atomic mass is 9.51. The van der Waals surface area contributed by atoms with Crippen LogP contribution in [-0.4, -0.2) is 69.7 Å². The molecule has 35 heavy (non-hydrogen) atoms. The number of carbonyl (C=O) groups excluding carboxylic acids is 2. The first-order chi connectivity index (χ1) is 16.7. The highest BCUT2D eigenvalue weighted by molar-refractivity contribution is 5.95. The molecule has 5 fully saturated rings. The third-order valence-electron chi connectivity index (χ3n) is 7.80. The molecule has 1 aliphatic heterocycles. The van der Waals surface area contributed by atoms with Gasteiger partial charge in [-0.2, -0.15) is 5.26 Å². The van der Waals surface area contributed by atoms with Crippen LogP contribution >= 0.6 is 0 Å². The third-order valence-corrected chi connectivity index (χ3v) is 7.80. The molecule has 3 atom stereocenters. The van der Waals surface area contributed by atoms with Gasteiger partial charge in [-0.15, -0.1) is 0 Å². The highest BCUT2D eigenvalue weighted by Crippen LogP contribution is 2.57. The van der Waals surface area contributed by atoms with Crippen molar-refractivity contribution in [1.29, 1.82) is 5.26 Å². The molecule has 1 aromatic rings. The summed E-state index contributed by atoms with van der Waals surface area (Å²) in [5.74, 6) is -0.140. The highest BCUT2D eigenvalue weighted by atomic mass is 16.4. The maximum atomic E-state index is 12.4. The lowest BCUT2D eigenvalue weighted by Gasteiger charge is -2.60. The molecular formula is C26H34N4O5. The fourth-order valence-electron chi connectivity index (χ4n) is 6.83. The summed E-state index contributed by atoms with van der Waals surface area (Å²) in [6.07, 6.45) is 7.87. The van der Waals surface area contributed by atoms with Crippen molar-refractivity contribution in [2.45, 2.75) is 68.5 Å². The van der Waals surface area contributed by atoms with Crippen molar-refractivity contribution in [3.63, 3.8) is 0 Å². The van der Waals surface area contributed by atoms with E-state index in [1.54, 1.807) is 35.2 Å². The normalized spacial score (nSPS) is 32.3. The van der Waals surface area contributed by atoms with Gasteiger partial charge in [0.1, 0.15) is 12.6 Å². The van der Waals surface area contributed by atoms with Gasteiger partial charge in [-0.25, -0.2) is 0 Å². The van der Waals surface area contributed by atoms with E-state index in [0.29, 0.717) is 30.5 Å². The van der Waals surface area contributed by atoms with Crippen molar-refractivity contribution in [1.82, 2.24) is 15.5 Å². The Morgan fingerprint density at radius 1 is 1.09 bits per heavy atom. The van der Waals surface area contributed by atoms with Gasteiger partial charge in [0.25, 0.3) is 5.91 Å². The minimum absolute atomic E-state index is 0.0453. The van der Waals surface area contributed by atoms with Crippen molar-refractivity contribution < 1.29 is 24.6 Å². The highest BCUT2D eigenvalue weighted by Gasteiger charge is 2.57. The van der Waals surface area contributed by atoms with Crippen LogP contribution in [0.25, 0.3) is 0 Å². The largest absolute Gasteiger partial charge is 0.480 e. The Balaban J connectivity index is 0.000000191. The van der Waals surface area contributed by atoms with E-state index in [2.05, 4.69) is 16.7 Å². The van der Waals surface area contributed by atoms with Crippen LogP contribution in [-0.2, 0) is 9.59 Å². The van der Waals surface area contributed by atoms with Crippen LogP contribution in [0.1, 0.15) is 61.7 Å². The number of amides is 2. The van der Waals surface area contributed by atoms with E-state index < -0.39 is 11.6 Å². The van der Waals surface area contributed by atoms with Gasteiger partial charge in [0.05, 0.1) is 18.2 Å². The molecule has 0 aromatic heterocycles. The van der Waals surface area contributed by atoms with Crippen LogP contribution in [0.15, 0.2) is 30.3 Å². The van der Waals surface area contributed by atoms with Crippen LogP contribution < -0.4 is 10.6 Å². The zero-order valence-electron chi connectivity index (χ0n) is 19.9. The van der Waals surface area contributed by atoms with Gasteiger partial charge in [-0.05, 0) is 75.3 Å². The van der Waals surface area contributed by atoms with Crippen LogP contribution in [0.5, 0.6) is 0 Å². The van der Waals surface area contributed by atoms with E-state index in [9.17, 15) is 19.5 Å². The molecule has 4 saturated carbocycles. The van der Waals surface area contributed by atoms with Crippen molar-refractivity contribution in [2.24, 2.45) is 11.8 Å². The Kier molecular flexibility index (Phi) is 7.43. The Morgan fingerprint density at radius 2 is 1.77 bits per heavy atom. The number of carboxylic acids is 1. The van der Waals surface area contributed by atoms with Gasteiger partial charge in [0.15, 0.2) is 0 Å². The summed E-state index contributed by atoms with van der Waals surface area (Å²) in [6.45, 7) is 0.669. The number of hydrogen-bond acceptors (Lipinski definition) is 6. The molecule has 4 N–H and O–H groups in total. The van der Waals surface area contributed by atoms with Crippen LogP contribution in [0, 0.1) is 23.2 Å². The maximum absolute atomic E-state index is 12.4. The van der Waals surface area contributed by atoms with E-state index in [-0.39, 0.29) is 29.9 Å². The Labute approximate surface area is 205 Å². The Bertz CT molecular complexity index is 977. The van der Waals surface area contributed by atoms with Crippen LogP contribution in [0.4, 0.5) is 0 Å². The zero-order valence-corrected chi connectivity index (χ0v) is 19.9. The number of benzene rings is 1. The number of aliphatic carboxylic acids is 1. The summed E-state index contributed by atoms with van der Waals surface area (Å²) in [4.78, 5) is 35.5. The number of aliphatic hydroxyl groups is 1. The van der Waals surface area contributed by atoms with E-state index in [1.165, 1.54) is 6.42 Å². The van der Waals surface area contributed by atoms with Gasteiger partial charge in [0, 0.05) is 17.6 Å². The number of carbonyl (C=O) groups is 3. The molecule has 1 heterocycles.